The zero-order chi connectivity index (χ0) is 12.5. The van der Waals surface area contributed by atoms with Crippen molar-refractivity contribution in [2.75, 3.05) is 6.54 Å². The number of carboxylic acids is 1. The smallest absolute Gasteiger partial charge is 0.312 e. The first-order chi connectivity index (χ1) is 7.40. The molecule has 0 saturated heterocycles. The molecule has 1 atom stereocenters. The summed E-state index contributed by atoms with van der Waals surface area (Å²) >= 11 is 5.65. The quantitative estimate of drug-likeness (QED) is 0.393. The SMILES string of the molecule is NCC(C(=O)O)c1c(O)c(O)cc(O)c1Cl. The number of aromatic hydroxyl groups is 3. The molecule has 0 radical (unpaired) electrons. The highest BCUT2D eigenvalue weighted by atomic mass is 35.5. The summed E-state index contributed by atoms with van der Waals surface area (Å²) in [6, 6.07) is 0.816. The van der Waals surface area contributed by atoms with Gasteiger partial charge >= 0.3 is 5.97 Å². The van der Waals surface area contributed by atoms with Gasteiger partial charge in [0, 0.05) is 18.2 Å². The number of nitrogens with two attached hydrogens (primary N) is 1. The van der Waals surface area contributed by atoms with Gasteiger partial charge < -0.3 is 26.2 Å². The summed E-state index contributed by atoms with van der Waals surface area (Å²) in [4.78, 5) is 10.8. The maximum Gasteiger partial charge on any atom is 0.312 e. The number of hydrogen-bond acceptors (Lipinski definition) is 5. The van der Waals surface area contributed by atoms with Crippen LogP contribution >= 0.6 is 11.6 Å². The van der Waals surface area contributed by atoms with Crippen LogP contribution in [0.25, 0.3) is 0 Å². The third-order valence-electron chi connectivity index (χ3n) is 2.11. The summed E-state index contributed by atoms with van der Waals surface area (Å²) in [5.41, 5.74) is 4.93. The minimum Gasteiger partial charge on any atom is -0.506 e. The fourth-order valence-corrected chi connectivity index (χ4v) is 1.58. The fraction of sp³-hybridized carbons (Fsp3) is 0.222. The van der Waals surface area contributed by atoms with Gasteiger partial charge in [-0.25, -0.2) is 0 Å². The Kier molecular flexibility index (Phi) is 3.46. The molecule has 0 fully saturated rings. The lowest BCUT2D eigenvalue weighted by atomic mass is 9.97. The van der Waals surface area contributed by atoms with Crippen LogP contribution in [0.4, 0.5) is 0 Å². The maximum atomic E-state index is 10.8. The lowest BCUT2D eigenvalue weighted by Gasteiger charge is -2.15. The summed E-state index contributed by atoms with van der Waals surface area (Å²) in [7, 11) is 0. The van der Waals surface area contributed by atoms with E-state index >= 15 is 0 Å². The molecule has 7 heteroatoms. The second-order valence-corrected chi connectivity index (χ2v) is 3.50. The Hall–Kier alpha value is -1.66. The van der Waals surface area contributed by atoms with Gasteiger partial charge in [-0.1, -0.05) is 11.6 Å². The van der Waals surface area contributed by atoms with Crippen molar-refractivity contribution in [1.29, 1.82) is 0 Å². The minimum absolute atomic E-state index is 0.297. The largest absolute Gasteiger partial charge is 0.506 e. The molecule has 6 N–H and O–H groups in total. The molecular weight excluding hydrogens is 238 g/mol. The van der Waals surface area contributed by atoms with Gasteiger partial charge in [-0.15, -0.1) is 0 Å². The van der Waals surface area contributed by atoms with Gasteiger partial charge in [0.15, 0.2) is 11.5 Å². The highest BCUT2D eigenvalue weighted by Gasteiger charge is 2.28. The topological polar surface area (TPSA) is 124 Å². The number of aliphatic carboxylic acids is 1. The molecule has 1 unspecified atom stereocenters. The van der Waals surface area contributed by atoms with Crippen LogP contribution in [-0.2, 0) is 4.79 Å². The second kappa shape index (κ2) is 4.46. The van der Waals surface area contributed by atoms with Crippen molar-refractivity contribution in [2.45, 2.75) is 5.92 Å². The molecule has 0 aliphatic carbocycles. The van der Waals surface area contributed by atoms with E-state index in [-0.39, 0.29) is 17.1 Å². The lowest BCUT2D eigenvalue weighted by Crippen LogP contribution is -2.21. The first-order valence-electron chi connectivity index (χ1n) is 4.26. The van der Waals surface area contributed by atoms with Crippen molar-refractivity contribution in [1.82, 2.24) is 0 Å². The van der Waals surface area contributed by atoms with Gasteiger partial charge in [-0.2, -0.15) is 0 Å². The molecule has 1 rings (SSSR count). The van der Waals surface area contributed by atoms with Gasteiger partial charge in [-0.05, 0) is 0 Å². The van der Waals surface area contributed by atoms with Crippen LogP contribution in [0.5, 0.6) is 17.2 Å². The number of rotatable bonds is 3. The van der Waals surface area contributed by atoms with Crippen LogP contribution in [0.1, 0.15) is 11.5 Å². The van der Waals surface area contributed by atoms with Gasteiger partial charge in [0.1, 0.15) is 5.75 Å². The van der Waals surface area contributed by atoms with Gasteiger partial charge in [0.2, 0.25) is 0 Å². The molecule has 0 spiro atoms. The molecule has 0 bridgehead atoms. The molecule has 0 aliphatic heterocycles. The number of carbonyl (C=O) groups is 1. The van der Waals surface area contributed by atoms with Crippen LogP contribution in [0.3, 0.4) is 0 Å². The van der Waals surface area contributed by atoms with Crippen LogP contribution in [0.2, 0.25) is 5.02 Å². The summed E-state index contributed by atoms with van der Waals surface area (Å²) < 4.78 is 0. The van der Waals surface area contributed by atoms with E-state index in [1.54, 1.807) is 0 Å². The summed E-state index contributed by atoms with van der Waals surface area (Å²) in [5, 5.41) is 36.5. The second-order valence-electron chi connectivity index (χ2n) is 3.12. The minimum atomic E-state index is -1.32. The van der Waals surface area contributed by atoms with Crippen LogP contribution in [0.15, 0.2) is 6.07 Å². The molecular formula is C9H10ClNO5. The lowest BCUT2D eigenvalue weighted by molar-refractivity contribution is -0.138. The Morgan fingerprint density at radius 2 is 1.94 bits per heavy atom. The Labute approximate surface area is 95.5 Å². The summed E-state index contributed by atoms with van der Waals surface area (Å²) in [5.74, 6) is -4.49. The number of benzene rings is 1. The first kappa shape index (κ1) is 12.4. The van der Waals surface area contributed by atoms with Crippen molar-refractivity contribution in [2.24, 2.45) is 5.73 Å². The molecule has 0 heterocycles. The van der Waals surface area contributed by atoms with E-state index in [9.17, 15) is 20.1 Å². The van der Waals surface area contributed by atoms with E-state index in [1.807, 2.05) is 0 Å². The number of hydrogen-bond donors (Lipinski definition) is 5. The molecule has 0 aliphatic rings. The van der Waals surface area contributed by atoms with Gasteiger partial charge in [-0.3, -0.25) is 4.79 Å². The summed E-state index contributed by atoms with van der Waals surface area (Å²) in [6.07, 6.45) is 0. The molecule has 0 aromatic heterocycles. The number of phenolic OH excluding ortho intramolecular Hbond substituents is 3. The monoisotopic (exact) mass is 247 g/mol. The van der Waals surface area contributed by atoms with E-state index in [2.05, 4.69) is 0 Å². The van der Waals surface area contributed by atoms with Crippen molar-refractivity contribution in [3.63, 3.8) is 0 Å². The van der Waals surface area contributed by atoms with Crippen LogP contribution < -0.4 is 5.73 Å². The van der Waals surface area contributed by atoms with E-state index in [0.717, 1.165) is 6.07 Å². The van der Waals surface area contributed by atoms with Gasteiger partial charge in [0.25, 0.3) is 0 Å². The van der Waals surface area contributed by atoms with Gasteiger partial charge in [0.05, 0.1) is 10.9 Å². The average Bonchev–Trinajstić information content (AvgIpc) is 2.21. The van der Waals surface area contributed by atoms with Crippen molar-refractivity contribution >= 4 is 17.6 Å². The highest BCUT2D eigenvalue weighted by molar-refractivity contribution is 6.33. The van der Waals surface area contributed by atoms with Crippen molar-refractivity contribution in [3.8, 4) is 17.2 Å². The Morgan fingerprint density at radius 1 is 1.38 bits per heavy atom. The number of halogens is 1. The number of phenols is 3. The van der Waals surface area contributed by atoms with E-state index in [1.165, 1.54) is 0 Å². The molecule has 1 aromatic carbocycles. The highest BCUT2D eigenvalue weighted by Crippen LogP contribution is 2.44. The Morgan fingerprint density at radius 3 is 2.38 bits per heavy atom. The maximum absolute atomic E-state index is 10.8. The third kappa shape index (κ3) is 1.98. The number of carboxylic acid groups (broad SMARTS) is 1. The average molecular weight is 248 g/mol. The summed E-state index contributed by atoms with van der Waals surface area (Å²) in [6.45, 7) is -0.328. The molecule has 0 saturated carbocycles. The van der Waals surface area contributed by atoms with Crippen LogP contribution in [0, 0.1) is 0 Å². The molecule has 1 aromatic rings. The molecule has 16 heavy (non-hydrogen) atoms. The predicted octanol–water partition coefficient (Wildman–Crippen LogP) is 0.584. The molecule has 88 valence electrons. The predicted molar refractivity (Wildman–Crippen MR) is 55.9 cm³/mol. The third-order valence-corrected chi connectivity index (χ3v) is 2.51. The normalized spacial score (nSPS) is 12.4. The van der Waals surface area contributed by atoms with Crippen LogP contribution in [-0.4, -0.2) is 32.9 Å². The zero-order valence-corrected chi connectivity index (χ0v) is 8.77. The molecule has 6 nitrogen and oxygen atoms in total. The fourth-order valence-electron chi connectivity index (χ4n) is 1.30. The Balaban J connectivity index is 3.47. The van der Waals surface area contributed by atoms with E-state index in [4.69, 9.17) is 22.4 Å². The van der Waals surface area contributed by atoms with E-state index in [0.29, 0.717) is 0 Å². The standard InChI is InChI=1S/C9H10ClNO5/c10-7-4(12)1-5(13)8(14)6(7)3(2-11)9(15)16/h1,3,12-14H,2,11H2,(H,15,16). The van der Waals surface area contributed by atoms with E-state index < -0.39 is 29.1 Å². The van der Waals surface area contributed by atoms with Crippen molar-refractivity contribution < 1.29 is 25.2 Å². The Bertz CT molecular complexity index is 408. The first-order valence-corrected chi connectivity index (χ1v) is 4.64. The zero-order valence-electron chi connectivity index (χ0n) is 8.01. The van der Waals surface area contributed by atoms with Crippen molar-refractivity contribution in [3.05, 3.63) is 16.7 Å². The molecule has 0 amide bonds.